The monoisotopic (exact) mass is 421 g/mol. The van der Waals surface area contributed by atoms with Crippen LogP contribution in [0.4, 0.5) is 0 Å². The van der Waals surface area contributed by atoms with Gasteiger partial charge in [-0.15, -0.1) is 0 Å². The minimum Gasteiger partial charge on any atom is -0.460 e. The molecule has 0 bridgehead atoms. The molecule has 7 heteroatoms. The number of rotatable bonds is 9. The molecule has 4 atom stereocenters. The number of carbonyl (C=O) groups is 2. The summed E-state index contributed by atoms with van der Waals surface area (Å²) in [5.74, 6) is -0.991. The van der Waals surface area contributed by atoms with Gasteiger partial charge in [0.1, 0.15) is 19.8 Å². The lowest BCUT2D eigenvalue weighted by Crippen LogP contribution is -2.63. The molecule has 2 rings (SSSR count). The topological polar surface area (TPSA) is 95.9 Å². The molecule has 1 fully saturated rings. The quantitative estimate of drug-likeness (QED) is 0.324. The zero-order chi connectivity index (χ0) is 21.8. The Labute approximate surface area is 174 Å². The van der Waals surface area contributed by atoms with Gasteiger partial charge in [-0.05, 0) is 29.9 Å². The SMILES string of the molecule is CC(C)(C)[Si](C)(C)C(OC(=O)[C@H]1NC(=O)[C@@H]1CCCC(O)CO)c1ccccc1. The van der Waals surface area contributed by atoms with Crippen LogP contribution in [-0.2, 0) is 14.3 Å². The van der Waals surface area contributed by atoms with Crippen molar-refractivity contribution in [1.29, 1.82) is 0 Å². The summed E-state index contributed by atoms with van der Waals surface area (Å²) >= 11 is 0. The molecule has 1 saturated heterocycles. The number of nitrogens with one attached hydrogen (secondary N) is 1. The van der Waals surface area contributed by atoms with Gasteiger partial charge in [0.05, 0.1) is 18.6 Å². The van der Waals surface area contributed by atoms with Crippen LogP contribution in [0.15, 0.2) is 30.3 Å². The van der Waals surface area contributed by atoms with Gasteiger partial charge < -0.3 is 20.3 Å². The molecule has 1 heterocycles. The second kappa shape index (κ2) is 9.41. The minimum absolute atomic E-state index is 0.0104. The lowest BCUT2D eigenvalue weighted by atomic mass is 9.85. The van der Waals surface area contributed by atoms with Crippen molar-refractivity contribution in [2.75, 3.05) is 6.61 Å². The summed E-state index contributed by atoms with van der Waals surface area (Å²) in [6, 6.07) is 9.17. The molecule has 1 aromatic carbocycles. The maximum absolute atomic E-state index is 13.0. The average molecular weight is 422 g/mol. The van der Waals surface area contributed by atoms with Gasteiger partial charge in [0.15, 0.2) is 0 Å². The van der Waals surface area contributed by atoms with E-state index in [0.717, 1.165) is 5.56 Å². The summed E-state index contributed by atoms with van der Waals surface area (Å²) in [6.45, 7) is 10.7. The fourth-order valence-electron chi connectivity index (χ4n) is 3.44. The van der Waals surface area contributed by atoms with E-state index >= 15 is 0 Å². The van der Waals surface area contributed by atoms with Crippen molar-refractivity contribution < 1.29 is 24.5 Å². The minimum atomic E-state index is -2.07. The molecule has 0 spiro atoms. The smallest absolute Gasteiger partial charge is 0.329 e. The summed E-state index contributed by atoms with van der Waals surface area (Å²) in [5, 5.41) is 21.1. The Hall–Kier alpha value is -1.70. The maximum Gasteiger partial charge on any atom is 0.329 e. The van der Waals surface area contributed by atoms with Crippen LogP contribution in [0.5, 0.6) is 0 Å². The van der Waals surface area contributed by atoms with Crippen molar-refractivity contribution in [3.05, 3.63) is 35.9 Å². The summed E-state index contributed by atoms with van der Waals surface area (Å²) in [4.78, 5) is 25.0. The second-order valence-electron chi connectivity index (χ2n) is 9.56. The lowest BCUT2D eigenvalue weighted by Gasteiger charge is -2.44. The van der Waals surface area contributed by atoms with Crippen molar-refractivity contribution in [3.63, 3.8) is 0 Å². The highest BCUT2D eigenvalue weighted by Crippen LogP contribution is 2.45. The molecule has 0 aliphatic carbocycles. The number of ether oxygens (including phenoxy) is 1. The first kappa shape index (κ1) is 23.6. The van der Waals surface area contributed by atoms with Gasteiger partial charge in [-0.1, -0.05) is 64.2 Å². The van der Waals surface area contributed by atoms with Crippen molar-refractivity contribution >= 4 is 20.0 Å². The van der Waals surface area contributed by atoms with E-state index in [0.29, 0.717) is 19.3 Å². The Morgan fingerprint density at radius 3 is 2.38 bits per heavy atom. The molecule has 0 saturated carbocycles. The Balaban J connectivity index is 2.12. The largest absolute Gasteiger partial charge is 0.460 e. The molecule has 0 aromatic heterocycles. The number of β-lactam (4-membered cyclic amide) rings is 1. The number of hydrogen-bond donors (Lipinski definition) is 3. The van der Waals surface area contributed by atoms with Gasteiger partial charge in [-0.2, -0.15) is 0 Å². The van der Waals surface area contributed by atoms with Crippen LogP contribution in [-0.4, -0.2) is 48.9 Å². The number of carbonyl (C=O) groups excluding carboxylic acids is 2. The maximum atomic E-state index is 13.0. The van der Waals surface area contributed by atoms with E-state index < -0.39 is 32.1 Å². The lowest BCUT2D eigenvalue weighted by molar-refractivity contribution is -0.160. The molecule has 29 heavy (non-hydrogen) atoms. The third-order valence-electron chi connectivity index (χ3n) is 6.48. The Morgan fingerprint density at radius 1 is 1.24 bits per heavy atom. The predicted octanol–water partition coefficient (Wildman–Crippen LogP) is 2.96. The zero-order valence-corrected chi connectivity index (χ0v) is 19.1. The first-order valence-corrected chi connectivity index (χ1v) is 13.4. The van der Waals surface area contributed by atoms with Crippen molar-refractivity contribution in [2.45, 2.75) is 76.0 Å². The Kier molecular flexibility index (Phi) is 7.65. The van der Waals surface area contributed by atoms with Gasteiger partial charge in [-0.25, -0.2) is 4.79 Å². The van der Waals surface area contributed by atoms with Crippen LogP contribution >= 0.6 is 0 Å². The van der Waals surface area contributed by atoms with Crippen molar-refractivity contribution in [3.8, 4) is 0 Å². The van der Waals surface area contributed by atoms with Gasteiger partial charge in [0, 0.05) is 0 Å². The fraction of sp³-hybridized carbons (Fsp3) is 0.636. The summed E-state index contributed by atoms with van der Waals surface area (Å²) < 4.78 is 6.08. The van der Waals surface area contributed by atoms with E-state index in [1.165, 1.54) is 0 Å². The van der Waals surface area contributed by atoms with E-state index in [9.17, 15) is 14.7 Å². The highest BCUT2D eigenvalue weighted by atomic mass is 28.3. The highest BCUT2D eigenvalue weighted by molar-refractivity contribution is 6.81. The van der Waals surface area contributed by atoms with E-state index in [4.69, 9.17) is 9.84 Å². The molecule has 1 amide bonds. The van der Waals surface area contributed by atoms with E-state index in [1.807, 2.05) is 30.3 Å². The number of amides is 1. The molecule has 2 unspecified atom stereocenters. The molecule has 1 aromatic rings. The van der Waals surface area contributed by atoms with E-state index in [-0.39, 0.29) is 23.3 Å². The number of aliphatic hydroxyl groups excluding tert-OH is 2. The van der Waals surface area contributed by atoms with Crippen LogP contribution in [0.25, 0.3) is 0 Å². The fourth-order valence-corrected chi connectivity index (χ4v) is 5.67. The van der Waals surface area contributed by atoms with Gasteiger partial charge in [0.25, 0.3) is 0 Å². The molecular weight excluding hydrogens is 386 g/mol. The third-order valence-corrected chi connectivity index (χ3v) is 12.1. The second-order valence-corrected chi connectivity index (χ2v) is 15.0. The Morgan fingerprint density at radius 2 is 1.86 bits per heavy atom. The standard InChI is InChI=1S/C22H35NO5Si/c1-22(2,3)29(4,5)21(15-10-7-6-8-11-15)28-20(27)18-17(19(26)23-18)13-9-12-16(25)14-24/h6-8,10-11,16-18,21,24-25H,9,12-14H2,1-5H3,(H,23,26)/t16?,17-,18+,21?/m1/s1. The summed E-state index contributed by atoms with van der Waals surface area (Å²) in [5.41, 5.74) is 0.672. The van der Waals surface area contributed by atoms with Crippen LogP contribution in [0.3, 0.4) is 0 Å². The normalized spacial score (nSPS) is 21.7. The van der Waals surface area contributed by atoms with Gasteiger partial charge >= 0.3 is 5.97 Å². The average Bonchev–Trinajstić information content (AvgIpc) is 2.66. The van der Waals surface area contributed by atoms with Crippen LogP contribution < -0.4 is 5.32 Å². The number of esters is 1. The highest BCUT2D eigenvalue weighted by Gasteiger charge is 2.49. The first-order valence-electron chi connectivity index (χ1n) is 10.3. The van der Waals surface area contributed by atoms with Crippen LogP contribution in [0.1, 0.15) is 51.3 Å². The molecule has 1 aliphatic rings. The zero-order valence-electron chi connectivity index (χ0n) is 18.1. The summed E-state index contributed by atoms with van der Waals surface area (Å²) in [6.07, 6.45) is 0.662. The van der Waals surface area contributed by atoms with Gasteiger partial charge in [-0.3, -0.25) is 4.79 Å². The molecule has 1 aliphatic heterocycles. The van der Waals surface area contributed by atoms with Crippen molar-refractivity contribution in [2.24, 2.45) is 5.92 Å². The summed E-state index contributed by atoms with van der Waals surface area (Å²) in [7, 11) is -2.07. The number of hydrogen-bond acceptors (Lipinski definition) is 5. The van der Waals surface area contributed by atoms with Crippen LogP contribution in [0.2, 0.25) is 18.1 Å². The molecule has 6 nitrogen and oxygen atoms in total. The van der Waals surface area contributed by atoms with E-state index in [1.54, 1.807) is 0 Å². The van der Waals surface area contributed by atoms with E-state index in [2.05, 4.69) is 39.2 Å². The predicted molar refractivity (Wildman–Crippen MR) is 115 cm³/mol. The van der Waals surface area contributed by atoms with Crippen LogP contribution in [0, 0.1) is 5.92 Å². The number of aliphatic hydroxyl groups is 2. The molecular formula is C22H35NO5Si. The van der Waals surface area contributed by atoms with Crippen molar-refractivity contribution in [1.82, 2.24) is 5.32 Å². The molecule has 162 valence electrons. The molecule has 0 radical (unpaired) electrons. The number of benzene rings is 1. The van der Waals surface area contributed by atoms with Gasteiger partial charge in [0.2, 0.25) is 5.91 Å². The Bertz CT molecular complexity index is 701. The first-order chi connectivity index (χ1) is 13.5. The third kappa shape index (κ3) is 5.47. The molecule has 3 N–H and O–H groups in total.